The third kappa shape index (κ3) is 8.30. The van der Waals surface area contributed by atoms with Crippen molar-refractivity contribution < 1.29 is 23.5 Å². The lowest BCUT2D eigenvalue weighted by molar-refractivity contribution is 0.0830. The number of hydrogen-bond donors (Lipinski definition) is 3. The Labute approximate surface area is 216 Å². The smallest absolute Gasteiger partial charge is 0.251 e. The van der Waals surface area contributed by atoms with E-state index >= 15 is 0 Å². The van der Waals surface area contributed by atoms with Crippen molar-refractivity contribution in [2.45, 2.75) is 52.3 Å². The summed E-state index contributed by atoms with van der Waals surface area (Å²) in [5.74, 6) is -2.26. The van der Waals surface area contributed by atoms with E-state index in [0.717, 1.165) is 18.1 Å². The summed E-state index contributed by atoms with van der Waals surface area (Å²) >= 11 is 0. The first-order valence-electron chi connectivity index (χ1n) is 12.5. The molecule has 0 aliphatic carbocycles. The number of hydrogen-bond acceptors (Lipinski definition) is 4. The summed E-state index contributed by atoms with van der Waals surface area (Å²) in [6.07, 6.45) is -0.122. The Hall–Kier alpha value is -3.42. The lowest BCUT2D eigenvalue weighted by atomic mass is 9.98. The van der Waals surface area contributed by atoms with E-state index in [1.165, 1.54) is 23.8 Å². The van der Waals surface area contributed by atoms with E-state index in [0.29, 0.717) is 17.7 Å². The minimum absolute atomic E-state index is 0.0131. The first kappa shape index (κ1) is 28.2. The molecule has 3 aromatic carbocycles. The van der Waals surface area contributed by atoms with Gasteiger partial charge in [0.1, 0.15) is 11.6 Å². The zero-order chi connectivity index (χ0) is 26.9. The van der Waals surface area contributed by atoms with Crippen LogP contribution in [-0.4, -0.2) is 35.5 Å². The number of nitrogens with one attached hydrogen (secondary N) is 2. The molecule has 1 amide bonds. The van der Waals surface area contributed by atoms with Crippen LogP contribution >= 0.6 is 0 Å². The van der Waals surface area contributed by atoms with E-state index in [2.05, 4.69) is 23.6 Å². The zero-order valence-corrected chi connectivity index (χ0v) is 21.4. The minimum atomic E-state index is -1.05. The number of amides is 1. The van der Waals surface area contributed by atoms with Gasteiger partial charge in [0.25, 0.3) is 5.91 Å². The predicted octanol–water partition coefficient (Wildman–Crippen LogP) is 4.86. The van der Waals surface area contributed by atoms with E-state index < -0.39 is 29.7 Å². The van der Waals surface area contributed by atoms with Gasteiger partial charge in [0.15, 0.2) is 5.78 Å². The fourth-order valence-electron chi connectivity index (χ4n) is 4.13. The summed E-state index contributed by atoms with van der Waals surface area (Å²) in [7, 11) is 0. The summed E-state index contributed by atoms with van der Waals surface area (Å²) in [6, 6.07) is 16.8. The van der Waals surface area contributed by atoms with Crippen LogP contribution in [-0.2, 0) is 19.4 Å². The van der Waals surface area contributed by atoms with E-state index in [9.17, 15) is 23.5 Å². The number of benzene rings is 3. The van der Waals surface area contributed by atoms with Crippen molar-refractivity contribution in [3.05, 3.63) is 106 Å². The zero-order valence-electron chi connectivity index (χ0n) is 21.4. The van der Waals surface area contributed by atoms with Gasteiger partial charge in [0.2, 0.25) is 0 Å². The molecule has 3 aromatic rings. The van der Waals surface area contributed by atoms with Gasteiger partial charge in [-0.05, 0) is 53.8 Å². The molecule has 7 heteroatoms. The van der Waals surface area contributed by atoms with Crippen LogP contribution in [0.4, 0.5) is 8.78 Å². The van der Waals surface area contributed by atoms with Gasteiger partial charge in [-0.2, -0.15) is 0 Å². The van der Waals surface area contributed by atoms with Gasteiger partial charge in [-0.3, -0.25) is 9.59 Å². The second-order valence-electron chi connectivity index (χ2n) is 9.53. The normalized spacial score (nSPS) is 12.8. The van der Waals surface area contributed by atoms with Crippen molar-refractivity contribution in [2.75, 3.05) is 6.54 Å². The van der Waals surface area contributed by atoms with Crippen LogP contribution in [0.1, 0.15) is 58.2 Å². The fraction of sp³-hybridized carbons (Fsp3) is 0.333. The number of Topliss-reactive ketones (excluding diaryl/α,β-unsaturated/α-hetero) is 1. The maximum atomic E-state index is 13.8. The monoisotopic (exact) mass is 508 g/mol. The second-order valence-corrected chi connectivity index (χ2v) is 9.53. The quantitative estimate of drug-likeness (QED) is 0.306. The summed E-state index contributed by atoms with van der Waals surface area (Å²) in [6.45, 7) is 6.30. The van der Waals surface area contributed by atoms with Gasteiger partial charge in [-0.15, -0.1) is 0 Å². The van der Waals surface area contributed by atoms with Crippen molar-refractivity contribution in [3.8, 4) is 0 Å². The molecule has 196 valence electrons. The highest BCUT2D eigenvalue weighted by Crippen LogP contribution is 2.15. The van der Waals surface area contributed by atoms with E-state index in [1.807, 2.05) is 18.2 Å². The molecule has 0 saturated carbocycles. The van der Waals surface area contributed by atoms with Crippen molar-refractivity contribution in [2.24, 2.45) is 5.92 Å². The number of rotatable bonds is 12. The molecule has 2 atom stereocenters. The molecule has 0 aliphatic heterocycles. The first-order valence-corrected chi connectivity index (χ1v) is 12.5. The van der Waals surface area contributed by atoms with Gasteiger partial charge in [-0.1, -0.05) is 57.2 Å². The van der Waals surface area contributed by atoms with E-state index in [-0.39, 0.29) is 30.2 Å². The summed E-state index contributed by atoms with van der Waals surface area (Å²) in [5.41, 5.74) is 3.25. The van der Waals surface area contributed by atoms with Gasteiger partial charge in [0, 0.05) is 36.2 Å². The third-order valence-corrected chi connectivity index (χ3v) is 6.17. The van der Waals surface area contributed by atoms with Crippen LogP contribution in [0.25, 0.3) is 0 Å². The summed E-state index contributed by atoms with van der Waals surface area (Å²) in [4.78, 5) is 25.5. The third-order valence-electron chi connectivity index (χ3n) is 6.17. The largest absolute Gasteiger partial charge is 0.390 e. The molecule has 37 heavy (non-hydrogen) atoms. The standard InChI is InChI=1S/C30H34F2N2O3/c1-4-20-7-5-8-21(11-20)17-33-18-28(35)27(14-22-12-25(31)16-26(32)13-22)34-30(37)24-10-6-9-23(15-24)29(36)19(2)3/h5-13,15-16,19,27-28,33,35H,4,14,17-18H2,1-3H3,(H,34,37). The Bertz CT molecular complexity index is 1210. The van der Waals surface area contributed by atoms with Crippen LogP contribution in [0.5, 0.6) is 0 Å². The van der Waals surface area contributed by atoms with Crippen molar-refractivity contribution in [1.82, 2.24) is 10.6 Å². The maximum Gasteiger partial charge on any atom is 0.251 e. The van der Waals surface area contributed by atoms with Crippen molar-refractivity contribution in [3.63, 3.8) is 0 Å². The fourth-order valence-corrected chi connectivity index (χ4v) is 4.13. The molecule has 0 aromatic heterocycles. The van der Waals surface area contributed by atoms with Crippen LogP contribution in [0.3, 0.4) is 0 Å². The van der Waals surface area contributed by atoms with E-state index in [1.54, 1.807) is 32.0 Å². The highest BCUT2D eigenvalue weighted by atomic mass is 19.1. The number of carbonyl (C=O) groups excluding carboxylic acids is 2. The molecule has 0 radical (unpaired) electrons. The summed E-state index contributed by atoms with van der Waals surface area (Å²) in [5, 5.41) is 17.0. The molecular weight excluding hydrogens is 474 g/mol. The Morgan fingerprint density at radius 1 is 0.865 bits per heavy atom. The van der Waals surface area contributed by atoms with E-state index in [4.69, 9.17) is 0 Å². The second kappa shape index (κ2) is 13.2. The molecule has 2 unspecified atom stereocenters. The number of aliphatic hydroxyl groups excluding tert-OH is 1. The van der Waals surface area contributed by atoms with Crippen LogP contribution < -0.4 is 10.6 Å². The Morgan fingerprint density at radius 2 is 1.51 bits per heavy atom. The van der Waals surface area contributed by atoms with Crippen LogP contribution in [0.2, 0.25) is 0 Å². The highest BCUT2D eigenvalue weighted by Gasteiger charge is 2.23. The van der Waals surface area contributed by atoms with Gasteiger partial charge in [0.05, 0.1) is 12.1 Å². The molecule has 0 aliphatic rings. The molecule has 0 spiro atoms. The Balaban J connectivity index is 1.75. The molecule has 3 rings (SSSR count). The van der Waals surface area contributed by atoms with Gasteiger partial charge in [-0.25, -0.2) is 8.78 Å². The number of aliphatic hydroxyl groups is 1. The predicted molar refractivity (Wildman–Crippen MR) is 140 cm³/mol. The molecule has 3 N–H and O–H groups in total. The number of halogens is 2. The Kier molecular flexibility index (Phi) is 10.1. The first-order chi connectivity index (χ1) is 17.7. The van der Waals surface area contributed by atoms with Crippen LogP contribution in [0, 0.1) is 17.6 Å². The van der Waals surface area contributed by atoms with Crippen molar-refractivity contribution in [1.29, 1.82) is 0 Å². The number of aryl methyl sites for hydroxylation is 1. The van der Waals surface area contributed by atoms with Crippen LogP contribution in [0.15, 0.2) is 66.7 Å². The lowest BCUT2D eigenvalue weighted by Crippen LogP contribution is -2.48. The number of ketones is 1. The Morgan fingerprint density at radius 3 is 2.19 bits per heavy atom. The average Bonchev–Trinajstić information content (AvgIpc) is 2.87. The maximum absolute atomic E-state index is 13.8. The SMILES string of the molecule is CCc1cccc(CNCC(O)C(Cc2cc(F)cc(F)c2)NC(=O)c2cccc(C(=O)C(C)C)c2)c1. The van der Waals surface area contributed by atoms with Gasteiger partial charge >= 0.3 is 0 Å². The summed E-state index contributed by atoms with van der Waals surface area (Å²) < 4.78 is 27.6. The molecule has 0 heterocycles. The topological polar surface area (TPSA) is 78.4 Å². The molecule has 5 nitrogen and oxygen atoms in total. The number of carbonyl (C=O) groups is 2. The van der Waals surface area contributed by atoms with Crippen molar-refractivity contribution >= 4 is 11.7 Å². The molecule has 0 bridgehead atoms. The van der Waals surface area contributed by atoms with Gasteiger partial charge < -0.3 is 15.7 Å². The molecular formula is C30H34F2N2O3. The minimum Gasteiger partial charge on any atom is -0.390 e. The highest BCUT2D eigenvalue weighted by molar-refractivity contribution is 6.01. The average molecular weight is 509 g/mol. The molecule has 0 saturated heterocycles. The molecule has 0 fully saturated rings. The lowest BCUT2D eigenvalue weighted by Gasteiger charge is -2.25.